The molecule has 0 amide bonds. The minimum absolute atomic E-state index is 0.239. The first-order valence-electron chi connectivity index (χ1n) is 5.31. The van der Waals surface area contributed by atoms with Gasteiger partial charge in [0.1, 0.15) is 11.5 Å². The molecule has 2 aromatic heterocycles. The van der Waals surface area contributed by atoms with Crippen molar-refractivity contribution < 1.29 is 0 Å². The highest BCUT2D eigenvalue weighted by Gasteiger charge is 2.07. The van der Waals surface area contributed by atoms with Crippen molar-refractivity contribution in [2.24, 2.45) is 0 Å². The van der Waals surface area contributed by atoms with Gasteiger partial charge in [0, 0.05) is 17.1 Å². The van der Waals surface area contributed by atoms with Crippen molar-refractivity contribution in [2.45, 2.75) is 19.8 Å². The summed E-state index contributed by atoms with van der Waals surface area (Å²) < 4.78 is 0.914. The van der Waals surface area contributed by atoms with Gasteiger partial charge in [-0.2, -0.15) is 9.97 Å². The number of hydrogen-bond acceptors (Lipinski definition) is 5. The fourth-order valence-corrected chi connectivity index (χ4v) is 1.63. The zero-order chi connectivity index (χ0) is 12.3. The molecule has 0 saturated carbocycles. The zero-order valence-corrected chi connectivity index (χ0v) is 11.0. The van der Waals surface area contributed by atoms with Crippen molar-refractivity contribution in [3.8, 4) is 11.5 Å². The van der Waals surface area contributed by atoms with Gasteiger partial charge in [0.2, 0.25) is 5.95 Å². The van der Waals surface area contributed by atoms with E-state index in [-0.39, 0.29) is 5.95 Å². The summed E-state index contributed by atoms with van der Waals surface area (Å²) in [4.78, 5) is 16.8. The minimum atomic E-state index is 0.239. The van der Waals surface area contributed by atoms with Crippen LogP contribution >= 0.6 is 15.9 Å². The average molecular weight is 294 g/mol. The molecule has 0 radical (unpaired) electrons. The van der Waals surface area contributed by atoms with Crippen LogP contribution in [0.1, 0.15) is 19.2 Å². The number of aromatic nitrogens is 4. The monoisotopic (exact) mass is 293 g/mol. The van der Waals surface area contributed by atoms with Gasteiger partial charge in [0.25, 0.3) is 0 Å². The highest BCUT2D eigenvalue weighted by molar-refractivity contribution is 9.10. The molecule has 0 atom stereocenters. The Morgan fingerprint density at radius 3 is 2.71 bits per heavy atom. The standard InChI is InChI=1S/C11H12BrN5/c1-2-3-9-15-10(17-11(13)16-9)8-5-4-7(12)6-14-8/h4-6H,2-3H2,1H3,(H2,13,15,16,17). The van der Waals surface area contributed by atoms with Crippen LogP contribution in [0.25, 0.3) is 11.5 Å². The minimum Gasteiger partial charge on any atom is -0.368 e. The lowest BCUT2D eigenvalue weighted by molar-refractivity contribution is 0.823. The van der Waals surface area contributed by atoms with Crippen LogP contribution in [0.2, 0.25) is 0 Å². The van der Waals surface area contributed by atoms with Crippen molar-refractivity contribution in [3.05, 3.63) is 28.6 Å². The number of nitrogens with zero attached hydrogens (tertiary/aromatic N) is 4. The van der Waals surface area contributed by atoms with Crippen LogP contribution in [0.15, 0.2) is 22.8 Å². The molecule has 0 aliphatic carbocycles. The summed E-state index contributed by atoms with van der Waals surface area (Å²) in [5.41, 5.74) is 6.35. The number of nitrogens with two attached hydrogens (primary N) is 1. The van der Waals surface area contributed by atoms with Gasteiger partial charge >= 0.3 is 0 Å². The lowest BCUT2D eigenvalue weighted by Crippen LogP contribution is -2.05. The second-order valence-corrected chi connectivity index (χ2v) is 4.46. The van der Waals surface area contributed by atoms with E-state index >= 15 is 0 Å². The molecule has 2 heterocycles. The van der Waals surface area contributed by atoms with Crippen LogP contribution in [0, 0.1) is 0 Å². The Bertz CT molecular complexity index is 512. The average Bonchev–Trinajstić information content (AvgIpc) is 2.29. The lowest BCUT2D eigenvalue weighted by Gasteiger charge is -2.03. The van der Waals surface area contributed by atoms with Crippen LogP contribution in [-0.2, 0) is 6.42 Å². The van der Waals surface area contributed by atoms with Gasteiger partial charge < -0.3 is 5.73 Å². The molecule has 2 aromatic rings. The first kappa shape index (κ1) is 11.9. The Morgan fingerprint density at radius 2 is 2.06 bits per heavy atom. The van der Waals surface area contributed by atoms with Crippen molar-refractivity contribution in [1.82, 2.24) is 19.9 Å². The molecule has 88 valence electrons. The molecule has 2 rings (SSSR count). The number of aryl methyl sites for hydroxylation is 1. The van der Waals surface area contributed by atoms with Crippen molar-refractivity contribution in [1.29, 1.82) is 0 Å². The SMILES string of the molecule is CCCc1nc(N)nc(-c2ccc(Br)cn2)n1. The Hall–Kier alpha value is -1.56. The van der Waals surface area contributed by atoms with E-state index in [1.54, 1.807) is 6.20 Å². The van der Waals surface area contributed by atoms with E-state index in [0.29, 0.717) is 17.3 Å². The highest BCUT2D eigenvalue weighted by atomic mass is 79.9. The summed E-state index contributed by atoms with van der Waals surface area (Å²) in [5, 5.41) is 0. The second kappa shape index (κ2) is 5.18. The van der Waals surface area contributed by atoms with Gasteiger partial charge in [-0.05, 0) is 34.5 Å². The summed E-state index contributed by atoms with van der Waals surface area (Å²) in [6, 6.07) is 3.73. The first-order chi connectivity index (χ1) is 8.19. The van der Waals surface area contributed by atoms with Crippen molar-refractivity contribution in [2.75, 3.05) is 5.73 Å². The molecule has 0 saturated heterocycles. The first-order valence-corrected chi connectivity index (χ1v) is 6.10. The van der Waals surface area contributed by atoms with Crippen LogP contribution in [-0.4, -0.2) is 19.9 Å². The number of halogens is 1. The lowest BCUT2D eigenvalue weighted by atomic mass is 10.3. The van der Waals surface area contributed by atoms with E-state index < -0.39 is 0 Å². The number of hydrogen-bond donors (Lipinski definition) is 1. The molecule has 0 bridgehead atoms. The fourth-order valence-electron chi connectivity index (χ4n) is 1.40. The Balaban J connectivity index is 2.40. The van der Waals surface area contributed by atoms with Crippen LogP contribution < -0.4 is 5.73 Å². The quantitative estimate of drug-likeness (QED) is 0.939. The van der Waals surface area contributed by atoms with Crippen LogP contribution in [0.4, 0.5) is 5.95 Å². The van der Waals surface area contributed by atoms with Gasteiger partial charge in [-0.1, -0.05) is 6.92 Å². The normalized spacial score (nSPS) is 10.5. The number of rotatable bonds is 3. The molecule has 0 fully saturated rings. The molecule has 6 heteroatoms. The Kier molecular flexibility index (Phi) is 3.63. The van der Waals surface area contributed by atoms with E-state index in [2.05, 4.69) is 42.8 Å². The third kappa shape index (κ3) is 2.97. The fraction of sp³-hybridized carbons (Fsp3) is 0.273. The Morgan fingerprint density at radius 1 is 1.24 bits per heavy atom. The predicted octanol–water partition coefficient (Wildman–Crippen LogP) is 2.23. The maximum absolute atomic E-state index is 5.66. The van der Waals surface area contributed by atoms with Crippen molar-refractivity contribution >= 4 is 21.9 Å². The van der Waals surface area contributed by atoms with Gasteiger partial charge in [-0.25, -0.2) is 4.98 Å². The second-order valence-electron chi connectivity index (χ2n) is 3.55. The molecule has 0 unspecified atom stereocenters. The maximum atomic E-state index is 5.66. The smallest absolute Gasteiger partial charge is 0.223 e. The molecule has 17 heavy (non-hydrogen) atoms. The van der Waals surface area contributed by atoms with E-state index in [9.17, 15) is 0 Å². The summed E-state index contributed by atoms with van der Waals surface area (Å²) in [5.74, 6) is 1.47. The molecule has 0 aromatic carbocycles. The molecular formula is C11H12BrN5. The zero-order valence-electron chi connectivity index (χ0n) is 9.39. The van der Waals surface area contributed by atoms with Crippen LogP contribution in [0.5, 0.6) is 0 Å². The Labute approximate surface area is 108 Å². The van der Waals surface area contributed by atoms with Gasteiger partial charge in [0.15, 0.2) is 5.82 Å². The van der Waals surface area contributed by atoms with Gasteiger partial charge in [0.05, 0.1) is 0 Å². The summed E-state index contributed by atoms with van der Waals surface area (Å²) in [6.45, 7) is 2.07. The van der Waals surface area contributed by atoms with Gasteiger partial charge in [-0.15, -0.1) is 0 Å². The summed E-state index contributed by atoms with van der Waals surface area (Å²) in [7, 11) is 0. The largest absolute Gasteiger partial charge is 0.368 e. The van der Waals surface area contributed by atoms with E-state index in [0.717, 1.165) is 17.3 Å². The third-order valence-electron chi connectivity index (χ3n) is 2.13. The number of nitrogen functional groups attached to an aromatic ring is 1. The summed E-state index contributed by atoms with van der Waals surface area (Å²) in [6.07, 6.45) is 3.46. The van der Waals surface area contributed by atoms with Gasteiger partial charge in [-0.3, -0.25) is 4.98 Å². The molecule has 0 spiro atoms. The highest BCUT2D eigenvalue weighted by Crippen LogP contribution is 2.16. The number of pyridine rings is 1. The van der Waals surface area contributed by atoms with E-state index in [1.165, 1.54) is 0 Å². The van der Waals surface area contributed by atoms with Crippen molar-refractivity contribution in [3.63, 3.8) is 0 Å². The predicted molar refractivity (Wildman–Crippen MR) is 69.2 cm³/mol. The third-order valence-corrected chi connectivity index (χ3v) is 2.60. The van der Waals surface area contributed by atoms with E-state index in [1.807, 2.05) is 12.1 Å². The topological polar surface area (TPSA) is 77.6 Å². The summed E-state index contributed by atoms with van der Waals surface area (Å²) >= 11 is 3.33. The maximum Gasteiger partial charge on any atom is 0.223 e. The van der Waals surface area contributed by atoms with Crippen LogP contribution in [0.3, 0.4) is 0 Å². The number of anilines is 1. The molecule has 5 nitrogen and oxygen atoms in total. The molecular weight excluding hydrogens is 282 g/mol. The molecule has 2 N–H and O–H groups in total. The molecule has 0 aliphatic heterocycles. The molecule has 0 aliphatic rings. The van der Waals surface area contributed by atoms with E-state index in [4.69, 9.17) is 5.73 Å².